The summed E-state index contributed by atoms with van der Waals surface area (Å²) in [6.07, 6.45) is 1.69. The highest BCUT2D eigenvalue weighted by atomic mass is 79.9. The summed E-state index contributed by atoms with van der Waals surface area (Å²) in [4.78, 5) is 28.9. The van der Waals surface area contributed by atoms with E-state index in [1.807, 2.05) is 13.0 Å². The summed E-state index contributed by atoms with van der Waals surface area (Å²) in [5, 5.41) is 3.35. The molecule has 29 heavy (non-hydrogen) atoms. The van der Waals surface area contributed by atoms with Gasteiger partial charge in [-0.3, -0.25) is 9.59 Å². The van der Waals surface area contributed by atoms with E-state index in [4.69, 9.17) is 21.1 Å². The van der Waals surface area contributed by atoms with Gasteiger partial charge in [0, 0.05) is 10.6 Å². The molecule has 1 fully saturated rings. The van der Waals surface area contributed by atoms with Crippen LogP contribution in [0.4, 0.5) is 0 Å². The summed E-state index contributed by atoms with van der Waals surface area (Å²) in [6.45, 7) is 2.38. The number of hydrogen-bond donors (Lipinski definition) is 1. The Morgan fingerprint density at radius 3 is 2.69 bits per heavy atom. The van der Waals surface area contributed by atoms with Crippen molar-refractivity contribution in [3.63, 3.8) is 0 Å². The molecule has 1 saturated heterocycles. The minimum absolute atomic E-state index is 0.221. The molecule has 1 aliphatic heterocycles. The van der Waals surface area contributed by atoms with E-state index in [9.17, 15) is 9.59 Å². The number of carbonyl (C=O) groups is 2. The van der Waals surface area contributed by atoms with E-state index in [0.29, 0.717) is 38.1 Å². The highest BCUT2D eigenvalue weighted by Crippen LogP contribution is 2.38. The fraction of sp³-hybridized carbons (Fsp3) is 0.150. The van der Waals surface area contributed by atoms with E-state index < -0.39 is 5.91 Å². The number of amidine groups is 1. The Morgan fingerprint density at radius 1 is 1.31 bits per heavy atom. The Morgan fingerprint density at radius 2 is 2.03 bits per heavy atom. The Bertz CT molecular complexity index is 1020. The van der Waals surface area contributed by atoms with Crippen LogP contribution < -0.4 is 14.8 Å². The molecule has 0 aliphatic carbocycles. The Hall–Kier alpha value is -2.29. The summed E-state index contributed by atoms with van der Waals surface area (Å²) in [5.41, 5.74) is 1.12. The first kappa shape index (κ1) is 21.4. The molecule has 9 heteroatoms. The maximum atomic E-state index is 12.3. The minimum atomic E-state index is -0.462. The molecular formula is C20H16BrClN2O4S. The van der Waals surface area contributed by atoms with Gasteiger partial charge in [0.1, 0.15) is 0 Å². The van der Waals surface area contributed by atoms with Crippen molar-refractivity contribution in [1.29, 1.82) is 0 Å². The molecule has 0 aromatic heterocycles. The number of halogens is 2. The van der Waals surface area contributed by atoms with Gasteiger partial charge in [0.15, 0.2) is 16.7 Å². The summed E-state index contributed by atoms with van der Waals surface area (Å²) in [6, 6.07) is 9.97. The number of hydrogen-bond acceptors (Lipinski definition) is 5. The van der Waals surface area contributed by atoms with Gasteiger partial charge in [-0.05, 0) is 82.7 Å². The van der Waals surface area contributed by atoms with Gasteiger partial charge in [-0.15, -0.1) is 0 Å². The van der Waals surface area contributed by atoms with Crippen LogP contribution in [-0.4, -0.2) is 30.7 Å². The number of carbonyl (C=O) groups excluding carboxylic acids is 2. The molecule has 0 saturated carbocycles. The van der Waals surface area contributed by atoms with Gasteiger partial charge >= 0.3 is 0 Å². The highest BCUT2D eigenvalue weighted by Gasteiger charge is 2.25. The smallest absolute Gasteiger partial charge is 0.279 e. The van der Waals surface area contributed by atoms with Crippen LogP contribution in [0.15, 0.2) is 50.8 Å². The number of rotatable bonds is 5. The molecule has 0 unspecified atom stereocenters. The first-order valence-corrected chi connectivity index (χ1v) is 10.5. The van der Waals surface area contributed by atoms with Crippen molar-refractivity contribution in [2.45, 2.75) is 6.92 Å². The summed E-state index contributed by atoms with van der Waals surface area (Å²) < 4.78 is 11.7. The van der Waals surface area contributed by atoms with Gasteiger partial charge in [0.25, 0.3) is 11.8 Å². The molecule has 0 spiro atoms. The van der Waals surface area contributed by atoms with Crippen molar-refractivity contribution in [3.05, 3.63) is 61.9 Å². The van der Waals surface area contributed by atoms with Crippen LogP contribution in [0.2, 0.25) is 5.02 Å². The Labute approximate surface area is 185 Å². The maximum Gasteiger partial charge on any atom is 0.279 e. The van der Waals surface area contributed by atoms with E-state index in [1.165, 1.54) is 0 Å². The van der Waals surface area contributed by atoms with Gasteiger partial charge in [0.2, 0.25) is 0 Å². The zero-order valence-corrected chi connectivity index (χ0v) is 18.7. The molecule has 2 aromatic carbocycles. The van der Waals surface area contributed by atoms with E-state index in [0.717, 1.165) is 17.3 Å². The summed E-state index contributed by atoms with van der Waals surface area (Å²) in [5.74, 6) is 0.345. The van der Waals surface area contributed by atoms with Gasteiger partial charge in [-0.25, -0.2) is 0 Å². The standard InChI is InChI=1S/C20H16BrClN2O4S/c1-3-28-17-14(21)8-11(9-15(17)27-2)10-16-19(26)24-20(29-16)23-18(25)12-4-6-13(22)7-5-12/h4-10H,3H2,1-2H3,(H,23,24,25,26)/b16-10-. The molecule has 2 aromatic rings. The SMILES string of the molecule is CCOc1c(Br)cc(/C=C2\SC(=NC(=O)c3ccc(Cl)cc3)NC2=O)cc1OC. The van der Waals surface area contributed by atoms with Crippen molar-refractivity contribution in [1.82, 2.24) is 5.32 Å². The molecule has 2 amide bonds. The van der Waals surface area contributed by atoms with E-state index >= 15 is 0 Å². The van der Waals surface area contributed by atoms with E-state index in [-0.39, 0.29) is 11.1 Å². The van der Waals surface area contributed by atoms with E-state index in [2.05, 4.69) is 26.2 Å². The molecule has 0 radical (unpaired) electrons. The number of amides is 2. The number of methoxy groups -OCH3 is 1. The predicted octanol–water partition coefficient (Wildman–Crippen LogP) is 4.91. The van der Waals surface area contributed by atoms with Crippen LogP contribution in [0.25, 0.3) is 6.08 Å². The predicted molar refractivity (Wildman–Crippen MR) is 119 cm³/mol. The third-order valence-corrected chi connectivity index (χ3v) is 5.53. The lowest BCUT2D eigenvalue weighted by Gasteiger charge is -2.12. The molecule has 1 heterocycles. The number of aliphatic imine (C=N–C) groups is 1. The molecule has 1 N–H and O–H groups in total. The third-order valence-electron chi connectivity index (χ3n) is 3.78. The fourth-order valence-electron chi connectivity index (χ4n) is 2.49. The molecule has 0 atom stereocenters. The van der Waals surface area contributed by atoms with Gasteiger partial charge in [-0.1, -0.05) is 11.6 Å². The van der Waals surface area contributed by atoms with Crippen LogP contribution in [0, 0.1) is 0 Å². The Balaban J connectivity index is 1.83. The van der Waals surface area contributed by atoms with Gasteiger partial charge < -0.3 is 14.8 Å². The molecule has 3 rings (SSSR count). The van der Waals surface area contributed by atoms with Crippen LogP contribution in [0.5, 0.6) is 11.5 Å². The molecular weight excluding hydrogens is 480 g/mol. The van der Waals surface area contributed by atoms with Crippen LogP contribution in [0.3, 0.4) is 0 Å². The van der Waals surface area contributed by atoms with E-state index in [1.54, 1.807) is 43.5 Å². The summed E-state index contributed by atoms with van der Waals surface area (Å²) >= 11 is 10.4. The first-order valence-electron chi connectivity index (χ1n) is 8.51. The number of thioether (sulfide) groups is 1. The molecule has 0 bridgehead atoms. The minimum Gasteiger partial charge on any atom is -0.493 e. The van der Waals surface area contributed by atoms with Crippen molar-refractivity contribution < 1.29 is 19.1 Å². The monoisotopic (exact) mass is 494 g/mol. The summed E-state index contributed by atoms with van der Waals surface area (Å²) in [7, 11) is 1.55. The average Bonchev–Trinajstić information content (AvgIpc) is 3.02. The lowest BCUT2D eigenvalue weighted by molar-refractivity contribution is -0.115. The van der Waals surface area contributed by atoms with Crippen LogP contribution >= 0.6 is 39.3 Å². The van der Waals surface area contributed by atoms with Crippen molar-refractivity contribution in [2.75, 3.05) is 13.7 Å². The van der Waals surface area contributed by atoms with Gasteiger partial charge in [-0.2, -0.15) is 4.99 Å². The quantitative estimate of drug-likeness (QED) is 0.597. The van der Waals surface area contributed by atoms with Crippen LogP contribution in [-0.2, 0) is 4.79 Å². The lowest BCUT2D eigenvalue weighted by Crippen LogP contribution is -2.20. The lowest BCUT2D eigenvalue weighted by atomic mass is 10.2. The fourth-order valence-corrected chi connectivity index (χ4v) is 4.01. The molecule has 1 aliphatic rings. The second kappa shape index (κ2) is 9.47. The van der Waals surface area contributed by atoms with Crippen LogP contribution in [0.1, 0.15) is 22.8 Å². The first-order chi connectivity index (χ1) is 13.9. The molecule has 150 valence electrons. The largest absolute Gasteiger partial charge is 0.493 e. The zero-order chi connectivity index (χ0) is 21.0. The second-order valence-electron chi connectivity index (χ2n) is 5.76. The maximum absolute atomic E-state index is 12.3. The highest BCUT2D eigenvalue weighted by molar-refractivity contribution is 9.10. The van der Waals surface area contributed by atoms with Crippen molar-refractivity contribution >= 4 is 62.4 Å². The number of ether oxygens (including phenoxy) is 2. The number of nitrogens with one attached hydrogen (secondary N) is 1. The second-order valence-corrected chi connectivity index (χ2v) is 8.08. The third kappa shape index (κ3) is 5.20. The van der Waals surface area contributed by atoms with Crippen molar-refractivity contribution in [2.24, 2.45) is 4.99 Å². The number of benzene rings is 2. The Kier molecular flexibility index (Phi) is 7.00. The number of nitrogens with zero attached hydrogens (tertiary/aromatic N) is 1. The van der Waals surface area contributed by atoms with Gasteiger partial charge in [0.05, 0.1) is 23.1 Å². The average molecular weight is 496 g/mol. The van der Waals surface area contributed by atoms with Crippen molar-refractivity contribution in [3.8, 4) is 11.5 Å². The zero-order valence-electron chi connectivity index (χ0n) is 15.5. The topological polar surface area (TPSA) is 77.0 Å². The normalized spacial score (nSPS) is 16.2. The molecule has 6 nitrogen and oxygen atoms in total.